The van der Waals surface area contributed by atoms with Crippen LogP contribution in [0.5, 0.6) is 0 Å². The molecule has 0 fully saturated rings. The van der Waals surface area contributed by atoms with Crippen LogP contribution in [0, 0.1) is 0 Å². The molecule has 1 heterocycles. The van der Waals surface area contributed by atoms with E-state index in [-0.39, 0.29) is 0 Å². The van der Waals surface area contributed by atoms with Crippen molar-refractivity contribution in [2.45, 2.75) is 19.8 Å². The van der Waals surface area contributed by atoms with Crippen molar-refractivity contribution < 1.29 is 8.42 Å². The zero-order valence-corrected chi connectivity index (χ0v) is 12.7. The fourth-order valence-electron chi connectivity index (χ4n) is 2.68. The summed E-state index contributed by atoms with van der Waals surface area (Å²) in [5, 5.41) is 0. The lowest BCUT2D eigenvalue weighted by Gasteiger charge is -2.21. The minimum Gasteiger partial charge on any atom is -0.266 e. The van der Waals surface area contributed by atoms with E-state index in [1.54, 1.807) is 6.07 Å². The summed E-state index contributed by atoms with van der Waals surface area (Å²) in [6, 6.07) is 15.1. The Morgan fingerprint density at radius 1 is 1.10 bits per heavy atom. The number of nitrogens with one attached hydrogen (secondary N) is 1. The molecule has 4 nitrogen and oxygen atoms in total. The number of rotatable bonds is 4. The van der Waals surface area contributed by atoms with Crippen molar-refractivity contribution in [3.05, 3.63) is 59.7 Å². The Kier molecular flexibility index (Phi) is 3.59. The Balaban J connectivity index is 1.92. The van der Waals surface area contributed by atoms with Crippen molar-refractivity contribution >= 4 is 21.6 Å². The van der Waals surface area contributed by atoms with Gasteiger partial charge in [0.15, 0.2) is 0 Å². The molecule has 0 aliphatic carbocycles. The quantitative estimate of drug-likeness (QED) is 0.944. The van der Waals surface area contributed by atoms with E-state index in [2.05, 4.69) is 4.72 Å². The van der Waals surface area contributed by atoms with Crippen molar-refractivity contribution in [2.24, 2.45) is 0 Å². The van der Waals surface area contributed by atoms with E-state index in [4.69, 9.17) is 0 Å². The largest absolute Gasteiger partial charge is 0.323 e. The predicted octanol–water partition coefficient (Wildman–Crippen LogP) is 2.97. The second-order valence-electron chi connectivity index (χ2n) is 5.07. The third-order valence-electron chi connectivity index (χ3n) is 3.77. The SMILES string of the molecule is CCc1ccccc1NS(=O)(=O)N1CCc2ccccc21. The van der Waals surface area contributed by atoms with E-state index in [1.807, 2.05) is 49.4 Å². The topological polar surface area (TPSA) is 49.4 Å². The molecule has 0 saturated carbocycles. The van der Waals surface area contributed by atoms with Gasteiger partial charge in [0.25, 0.3) is 0 Å². The molecule has 0 aromatic heterocycles. The maximum Gasteiger partial charge on any atom is 0.323 e. The van der Waals surface area contributed by atoms with Gasteiger partial charge in [-0.2, -0.15) is 8.42 Å². The molecule has 1 aliphatic rings. The number of benzene rings is 2. The van der Waals surface area contributed by atoms with Crippen molar-refractivity contribution in [2.75, 3.05) is 15.6 Å². The van der Waals surface area contributed by atoms with Crippen LogP contribution in [0.4, 0.5) is 11.4 Å². The molecular weight excluding hydrogens is 284 g/mol. The standard InChI is InChI=1S/C16H18N2O2S/c1-2-13-7-3-5-9-15(13)17-21(19,20)18-12-11-14-8-4-6-10-16(14)18/h3-10,17H,2,11-12H2,1H3. The lowest BCUT2D eigenvalue weighted by Crippen LogP contribution is -2.34. The first-order chi connectivity index (χ1) is 10.1. The maximum absolute atomic E-state index is 12.6. The highest BCUT2D eigenvalue weighted by Gasteiger charge is 2.29. The first-order valence-electron chi connectivity index (χ1n) is 7.08. The minimum atomic E-state index is -3.58. The number of hydrogen-bond donors (Lipinski definition) is 1. The van der Waals surface area contributed by atoms with Crippen LogP contribution >= 0.6 is 0 Å². The Morgan fingerprint density at radius 3 is 2.62 bits per heavy atom. The van der Waals surface area contributed by atoms with Crippen LogP contribution in [0.1, 0.15) is 18.1 Å². The van der Waals surface area contributed by atoms with Crippen molar-refractivity contribution in [3.63, 3.8) is 0 Å². The lowest BCUT2D eigenvalue weighted by atomic mass is 10.1. The van der Waals surface area contributed by atoms with Gasteiger partial charge in [0.1, 0.15) is 0 Å². The summed E-state index contributed by atoms with van der Waals surface area (Å²) in [6.07, 6.45) is 1.54. The fourth-order valence-corrected chi connectivity index (χ4v) is 4.04. The number of aryl methyl sites for hydroxylation is 1. The highest BCUT2D eigenvalue weighted by atomic mass is 32.2. The number of nitrogens with zero attached hydrogens (tertiary/aromatic N) is 1. The van der Waals surface area contributed by atoms with Crippen molar-refractivity contribution in [1.29, 1.82) is 0 Å². The molecule has 110 valence electrons. The molecule has 5 heteroatoms. The summed E-state index contributed by atoms with van der Waals surface area (Å²) >= 11 is 0. The molecule has 0 spiro atoms. The third-order valence-corrected chi connectivity index (χ3v) is 5.21. The molecule has 0 radical (unpaired) electrons. The van der Waals surface area contributed by atoms with Crippen LogP contribution in [0.15, 0.2) is 48.5 Å². The summed E-state index contributed by atoms with van der Waals surface area (Å²) in [6.45, 7) is 2.50. The molecular formula is C16H18N2O2S. The summed E-state index contributed by atoms with van der Waals surface area (Å²) in [4.78, 5) is 0. The maximum atomic E-state index is 12.6. The van der Waals surface area contributed by atoms with Gasteiger partial charge < -0.3 is 0 Å². The molecule has 3 rings (SSSR count). The van der Waals surface area contributed by atoms with E-state index in [0.29, 0.717) is 12.2 Å². The van der Waals surface area contributed by atoms with Crippen LogP contribution in [0.2, 0.25) is 0 Å². The van der Waals surface area contributed by atoms with Crippen LogP contribution < -0.4 is 9.03 Å². The molecule has 2 aromatic rings. The van der Waals surface area contributed by atoms with Crippen LogP contribution in [0.3, 0.4) is 0 Å². The van der Waals surface area contributed by atoms with E-state index in [1.165, 1.54) is 4.31 Å². The van der Waals surface area contributed by atoms with Crippen molar-refractivity contribution in [3.8, 4) is 0 Å². The van der Waals surface area contributed by atoms with E-state index in [0.717, 1.165) is 29.7 Å². The average molecular weight is 302 g/mol. The first-order valence-corrected chi connectivity index (χ1v) is 8.52. The molecule has 0 unspecified atom stereocenters. The molecule has 21 heavy (non-hydrogen) atoms. The zero-order valence-electron chi connectivity index (χ0n) is 11.9. The summed E-state index contributed by atoms with van der Waals surface area (Å²) in [5.74, 6) is 0. The Labute approximate surface area is 125 Å². The second kappa shape index (κ2) is 5.41. The number of para-hydroxylation sites is 2. The van der Waals surface area contributed by atoms with E-state index < -0.39 is 10.2 Å². The van der Waals surface area contributed by atoms with Gasteiger partial charge >= 0.3 is 10.2 Å². The van der Waals surface area contributed by atoms with Gasteiger partial charge in [0.05, 0.1) is 11.4 Å². The average Bonchev–Trinajstić information content (AvgIpc) is 2.92. The number of fused-ring (bicyclic) bond motifs is 1. The molecule has 1 aliphatic heterocycles. The molecule has 2 aromatic carbocycles. The predicted molar refractivity (Wildman–Crippen MR) is 85.9 cm³/mol. The third kappa shape index (κ3) is 2.61. The minimum absolute atomic E-state index is 0.489. The highest BCUT2D eigenvalue weighted by Crippen LogP contribution is 2.30. The van der Waals surface area contributed by atoms with Crippen molar-refractivity contribution in [1.82, 2.24) is 0 Å². The summed E-state index contributed by atoms with van der Waals surface area (Å²) < 4.78 is 29.5. The Morgan fingerprint density at radius 2 is 1.81 bits per heavy atom. The van der Waals surface area contributed by atoms with Gasteiger partial charge in [0.2, 0.25) is 0 Å². The van der Waals surface area contributed by atoms with E-state index in [9.17, 15) is 8.42 Å². The number of hydrogen-bond acceptors (Lipinski definition) is 2. The molecule has 0 bridgehead atoms. The molecule has 0 saturated heterocycles. The highest BCUT2D eigenvalue weighted by molar-refractivity contribution is 7.94. The molecule has 0 atom stereocenters. The fraction of sp³-hybridized carbons (Fsp3) is 0.250. The summed E-state index contributed by atoms with van der Waals surface area (Å²) in [5.41, 5.74) is 3.50. The first kappa shape index (κ1) is 13.9. The smallest absolute Gasteiger partial charge is 0.266 e. The zero-order chi connectivity index (χ0) is 14.9. The van der Waals surface area contributed by atoms with Gasteiger partial charge in [0, 0.05) is 6.54 Å². The van der Waals surface area contributed by atoms with Gasteiger partial charge in [-0.25, -0.2) is 0 Å². The number of anilines is 2. The van der Waals surface area contributed by atoms with Gasteiger partial charge in [-0.3, -0.25) is 9.03 Å². The monoisotopic (exact) mass is 302 g/mol. The molecule has 0 amide bonds. The lowest BCUT2D eigenvalue weighted by molar-refractivity contribution is 0.597. The Bertz CT molecular complexity index is 756. The van der Waals surface area contributed by atoms with Gasteiger partial charge in [-0.1, -0.05) is 43.3 Å². The van der Waals surface area contributed by atoms with Gasteiger partial charge in [-0.05, 0) is 36.1 Å². The normalized spacial score (nSPS) is 14.0. The van der Waals surface area contributed by atoms with Crippen LogP contribution in [0.25, 0.3) is 0 Å². The van der Waals surface area contributed by atoms with Gasteiger partial charge in [-0.15, -0.1) is 0 Å². The molecule has 1 N–H and O–H groups in total. The van der Waals surface area contributed by atoms with Crippen LogP contribution in [-0.4, -0.2) is 15.0 Å². The Hall–Kier alpha value is -2.01. The van der Waals surface area contributed by atoms with E-state index >= 15 is 0 Å². The van der Waals surface area contributed by atoms with Crippen LogP contribution in [-0.2, 0) is 23.1 Å². The summed E-state index contributed by atoms with van der Waals surface area (Å²) in [7, 11) is -3.58. The second-order valence-corrected chi connectivity index (χ2v) is 6.66.